The molecule has 2 saturated carbocycles. The van der Waals surface area contributed by atoms with Crippen LogP contribution in [0, 0.1) is 17.7 Å². The first-order valence-electron chi connectivity index (χ1n) is 14.3. The summed E-state index contributed by atoms with van der Waals surface area (Å²) in [6.07, 6.45) is 2.37. The first-order chi connectivity index (χ1) is 19.1. The number of carboxylic acid groups (broad SMARTS) is 1. The van der Waals surface area contributed by atoms with Crippen LogP contribution in [0.5, 0.6) is 0 Å². The number of aliphatic carboxylic acids is 1. The Labute approximate surface area is 230 Å². The number of carboxylic acids is 1. The van der Waals surface area contributed by atoms with Crippen LogP contribution in [-0.4, -0.2) is 39.2 Å². The lowest BCUT2D eigenvalue weighted by atomic mass is 9.56. The molecule has 214 valence electrons. The number of ether oxygens (including phenoxy) is 1. The molecule has 0 spiro atoms. The van der Waals surface area contributed by atoms with Crippen LogP contribution in [0.25, 0.3) is 16.6 Å². The summed E-state index contributed by atoms with van der Waals surface area (Å²) in [5.41, 5.74) is 1.05. The van der Waals surface area contributed by atoms with Crippen molar-refractivity contribution < 1.29 is 32.2 Å². The first kappa shape index (κ1) is 27.2. The lowest BCUT2D eigenvalue weighted by Gasteiger charge is -2.51. The van der Waals surface area contributed by atoms with Gasteiger partial charge in [0.2, 0.25) is 0 Å². The molecule has 0 radical (unpaired) electrons. The summed E-state index contributed by atoms with van der Waals surface area (Å²) in [7, 11) is 0. The first-order valence-corrected chi connectivity index (χ1v) is 14.3. The van der Waals surface area contributed by atoms with E-state index >= 15 is 0 Å². The zero-order valence-corrected chi connectivity index (χ0v) is 22.5. The fourth-order valence-electron chi connectivity index (χ4n) is 7.87. The molecule has 1 N–H and O–H groups in total. The molecule has 40 heavy (non-hydrogen) atoms. The molecule has 3 aliphatic carbocycles. The maximum absolute atomic E-state index is 14.5. The molecule has 1 unspecified atom stereocenters. The van der Waals surface area contributed by atoms with Crippen molar-refractivity contribution >= 4 is 16.9 Å². The average molecular weight is 559 g/mol. The van der Waals surface area contributed by atoms with Crippen molar-refractivity contribution in [3.63, 3.8) is 0 Å². The van der Waals surface area contributed by atoms with Crippen LogP contribution in [-0.2, 0) is 14.9 Å². The number of alkyl halides is 3. The highest BCUT2D eigenvalue weighted by atomic mass is 19.4. The minimum atomic E-state index is -4.66. The second kappa shape index (κ2) is 9.86. The predicted molar refractivity (Wildman–Crippen MR) is 142 cm³/mol. The minimum absolute atomic E-state index is 0.235. The number of fused-ring (bicyclic) bond motifs is 4. The summed E-state index contributed by atoms with van der Waals surface area (Å²) in [6.45, 7) is 1.10. The molecule has 0 amide bonds. The lowest BCUT2D eigenvalue weighted by Crippen LogP contribution is -2.56. The number of aromatic nitrogens is 2. The number of nitrogens with zero attached hydrogens (tertiary/aromatic N) is 2. The minimum Gasteiger partial charge on any atom is -0.480 e. The van der Waals surface area contributed by atoms with Crippen LogP contribution in [0.4, 0.5) is 17.6 Å². The van der Waals surface area contributed by atoms with Gasteiger partial charge in [-0.25, -0.2) is 13.9 Å². The maximum atomic E-state index is 14.5. The fourth-order valence-corrected chi connectivity index (χ4v) is 7.87. The molecule has 5 nitrogen and oxygen atoms in total. The molecular weight excluding hydrogens is 524 g/mol. The standard InChI is InChI=1S/C31H34F4N2O3/c1-2-29-12-13-30(31(33,34)35,40-18-28(38)39)16-21(29)6-11-24(19-4-3-5-19)25-15-27-20(14-26(25)29)17-36-37(27)23-9-7-22(32)8-10-23/h7-10,14-15,17,19,21,24H,2-6,11-13,16,18H2,1H3,(H,38,39)/t21-,24?,29-,30-/m0/s1. The Kier molecular flexibility index (Phi) is 6.71. The largest absolute Gasteiger partial charge is 0.480 e. The molecule has 3 aliphatic rings. The zero-order valence-electron chi connectivity index (χ0n) is 22.5. The average Bonchev–Trinajstić information content (AvgIpc) is 3.25. The van der Waals surface area contributed by atoms with Gasteiger partial charge >= 0.3 is 12.1 Å². The second-order valence-electron chi connectivity index (χ2n) is 12.0. The third-order valence-electron chi connectivity index (χ3n) is 10.2. The molecule has 9 heteroatoms. The third kappa shape index (κ3) is 4.32. The van der Waals surface area contributed by atoms with Gasteiger partial charge in [-0.1, -0.05) is 13.3 Å². The SMILES string of the molecule is CC[C@]12CC[C@@](OCC(=O)O)(C(F)(F)F)C[C@@H]1CCC(C1CCC1)c1cc3c(cnn3-c3ccc(F)cc3)cc12. The van der Waals surface area contributed by atoms with Crippen LogP contribution in [0.15, 0.2) is 42.6 Å². The summed E-state index contributed by atoms with van der Waals surface area (Å²) in [5.74, 6) is -1.29. The van der Waals surface area contributed by atoms with Crippen molar-refractivity contribution in [3.8, 4) is 5.69 Å². The molecule has 0 aliphatic heterocycles. The van der Waals surface area contributed by atoms with E-state index in [4.69, 9.17) is 9.84 Å². The number of benzene rings is 2. The Balaban J connectivity index is 1.48. The Bertz CT molecular complexity index is 1410. The molecule has 2 aromatic carbocycles. The third-order valence-corrected chi connectivity index (χ3v) is 10.2. The van der Waals surface area contributed by atoms with Gasteiger partial charge in [-0.3, -0.25) is 0 Å². The lowest BCUT2D eigenvalue weighted by molar-refractivity contribution is -0.296. The van der Waals surface area contributed by atoms with E-state index in [2.05, 4.69) is 24.2 Å². The molecule has 1 aromatic heterocycles. The second-order valence-corrected chi connectivity index (χ2v) is 12.0. The summed E-state index contributed by atoms with van der Waals surface area (Å²) < 4.78 is 64.3. The molecule has 2 fully saturated rings. The highest BCUT2D eigenvalue weighted by Gasteiger charge is 2.63. The van der Waals surface area contributed by atoms with Crippen molar-refractivity contribution in [2.75, 3.05) is 6.61 Å². The van der Waals surface area contributed by atoms with Crippen LogP contribution < -0.4 is 0 Å². The topological polar surface area (TPSA) is 64.3 Å². The zero-order chi connectivity index (χ0) is 28.3. The number of hydrogen-bond donors (Lipinski definition) is 1. The Hall–Kier alpha value is -2.94. The van der Waals surface area contributed by atoms with Gasteiger partial charge in [0.25, 0.3) is 0 Å². The number of carbonyl (C=O) groups is 1. The predicted octanol–water partition coefficient (Wildman–Crippen LogP) is 7.69. The molecule has 1 heterocycles. The van der Waals surface area contributed by atoms with E-state index < -0.39 is 29.8 Å². The summed E-state index contributed by atoms with van der Waals surface area (Å²) >= 11 is 0. The number of rotatable bonds is 6. The van der Waals surface area contributed by atoms with Crippen molar-refractivity contribution in [2.24, 2.45) is 11.8 Å². The quantitative estimate of drug-likeness (QED) is 0.315. The van der Waals surface area contributed by atoms with E-state index in [1.165, 1.54) is 17.7 Å². The van der Waals surface area contributed by atoms with Crippen LogP contribution in [0.3, 0.4) is 0 Å². The van der Waals surface area contributed by atoms with Gasteiger partial charge in [0.05, 0.1) is 17.4 Å². The fraction of sp³-hybridized carbons (Fsp3) is 0.548. The van der Waals surface area contributed by atoms with E-state index in [9.17, 15) is 22.4 Å². The van der Waals surface area contributed by atoms with E-state index in [-0.39, 0.29) is 36.9 Å². The van der Waals surface area contributed by atoms with Crippen LogP contribution in [0.2, 0.25) is 0 Å². The Morgan fingerprint density at radius 2 is 1.88 bits per heavy atom. The van der Waals surface area contributed by atoms with Crippen molar-refractivity contribution in [3.05, 3.63) is 59.5 Å². The summed E-state index contributed by atoms with van der Waals surface area (Å²) in [4.78, 5) is 11.2. The van der Waals surface area contributed by atoms with E-state index in [1.54, 1.807) is 18.3 Å². The van der Waals surface area contributed by atoms with E-state index in [0.717, 1.165) is 47.8 Å². The van der Waals surface area contributed by atoms with Gasteiger partial charge < -0.3 is 9.84 Å². The highest BCUT2D eigenvalue weighted by Crippen LogP contribution is 2.61. The van der Waals surface area contributed by atoms with Gasteiger partial charge in [-0.15, -0.1) is 0 Å². The number of hydrogen-bond acceptors (Lipinski definition) is 3. The van der Waals surface area contributed by atoms with E-state index in [1.807, 2.05) is 4.68 Å². The molecular formula is C31H34F4N2O3. The van der Waals surface area contributed by atoms with Gasteiger partial charge in [-0.2, -0.15) is 18.3 Å². The van der Waals surface area contributed by atoms with Crippen molar-refractivity contribution in [1.29, 1.82) is 0 Å². The normalized spacial score (nSPS) is 28.9. The maximum Gasteiger partial charge on any atom is 0.417 e. The van der Waals surface area contributed by atoms with Gasteiger partial charge in [0.15, 0.2) is 5.60 Å². The Morgan fingerprint density at radius 1 is 1.12 bits per heavy atom. The van der Waals surface area contributed by atoms with Crippen molar-refractivity contribution in [1.82, 2.24) is 9.78 Å². The summed E-state index contributed by atoms with van der Waals surface area (Å²) in [6, 6.07) is 10.5. The molecule has 3 aromatic rings. The highest BCUT2D eigenvalue weighted by molar-refractivity contribution is 5.83. The molecule has 0 saturated heterocycles. The van der Waals surface area contributed by atoms with Crippen LogP contribution >= 0.6 is 0 Å². The molecule has 6 rings (SSSR count). The smallest absolute Gasteiger partial charge is 0.417 e. The van der Waals surface area contributed by atoms with Gasteiger partial charge in [0.1, 0.15) is 12.4 Å². The summed E-state index contributed by atoms with van der Waals surface area (Å²) in [5, 5.41) is 14.7. The van der Waals surface area contributed by atoms with Crippen molar-refractivity contribution in [2.45, 2.75) is 87.8 Å². The van der Waals surface area contributed by atoms with Gasteiger partial charge in [0, 0.05) is 5.39 Å². The monoisotopic (exact) mass is 558 g/mol. The Morgan fingerprint density at radius 3 is 2.50 bits per heavy atom. The molecule has 4 atom stereocenters. The van der Waals surface area contributed by atoms with Crippen LogP contribution in [0.1, 0.15) is 81.8 Å². The van der Waals surface area contributed by atoms with E-state index in [0.29, 0.717) is 18.8 Å². The molecule has 0 bridgehead atoms. The number of halogens is 4. The van der Waals surface area contributed by atoms with Gasteiger partial charge in [-0.05, 0) is 122 Å².